The van der Waals surface area contributed by atoms with Crippen molar-refractivity contribution in [3.63, 3.8) is 0 Å². The Morgan fingerprint density at radius 2 is 1.70 bits per heavy atom. The number of ether oxygens (including phenoxy) is 2. The number of aliphatic hydroxyl groups is 4. The molecule has 2 fully saturated rings. The molecule has 24 nitrogen and oxygen atoms in total. The molecule has 10 atom stereocenters. The summed E-state index contributed by atoms with van der Waals surface area (Å²) in [7, 11) is -10.9. The molecule has 2 saturated heterocycles. The third-order valence-electron chi connectivity index (χ3n) is 6.96. The first kappa shape index (κ1) is 34.6. The fraction of sp³-hybridized carbons (Fsp3) is 0.476. The van der Waals surface area contributed by atoms with Crippen LogP contribution in [-0.2, 0) is 32.0 Å². The normalized spacial score (nSPS) is 30.1. The molecular formula is C21H27N10O14P2+. The highest BCUT2D eigenvalue weighted by atomic mass is 32.2. The number of phosphoric ester groups is 2. The highest BCUT2D eigenvalue weighted by Crippen LogP contribution is 2.60. The summed E-state index contributed by atoms with van der Waals surface area (Å²) in [5.41, 5.74) is 19.9. The van der Waals surface area contributed by atoms with E-state index < -0.39 is 83.8 Å². The minimum atomic E-state index is -5.46. The second kappa shape index (κ2) is 13.4. The van der Waals surface area contributed by atoms with Gasteiger partial charge in [-0.05, 0) is 16.7 Å². The van der Waals surface area contributed by atoms with Crippen LogP contribution in [0.15, 0.2) is 36.0 Å². The summed E-state index contributed by atoms with van der Waals surface area (Å²) >= 11 is 0. The summed E-state index contributed by atoms with van der Waals surface area (Å²) in [5.74, 6) is -1.27. The second-order valence-electron chi connectivity index (χ2n) is 10.0. The Balaban J connectivity index is 1.20. The molecular weight excluding hydrogens is 679 g/mol. The average molecular weight is 706 g/mol. The van der Waals surface area contributed by atoms with Crippen molar-refractivity contribution >= 4 is 44.5 Å². The van der Waals surface area contributed by atoms with Crippen molar-refractivity contribution in [3.05, 3.63) is 46.9 Å². The molecule has 2 unspecified atom stereocenters. The molecule has 0 aromatic carbocycles. The number of rotatable bonds is 12. The Morgan fingerprint density at radius 3 is 2.34 bits per heavy atom. The Kier molecular flexibility index (Phi) is 9.89. The average Bonchev–Trinajstić information content (AvgIpc) is 3.62. The van der Waals surface area contributed by atoms with Crippen molar-refractivity contribution in [2.75, 3.05) is 18.9 Å². The summed E-state index contributed by atoms with van der Waals surface area (Å²) in [6, 6.07) is 2.81. The van der Waals surface area contributed by atoms with Gasteiger partial charge < -0.3 is 51.2 Å². The van der Waals surface area contributed by atoms with E-state index in [1.165, 1.54) is 29.1 Å². The molecule has 26 heteroatoms. The molecule has 47 heavy (non-hydrogen) atoms. The largest absolute Gasteiger partial charge is 0.481 e. The van der Waals surface area contributed by atoms with Crippen LogP contribution < -0.4 is 16.0 Å². The number of carbonyl (C=O) groups excluding carboxylic acids is 1. The topological polar surface area (TPSA) is 367 Å². The smallest absolute Gasteiger partial charge is 0.387 e. The van der Waals surface area contributed by atoms with Crippen LogP contribution in [0.3, 0.4) is 0 Å². The van der Waals surface area contributed by atoms with E-state index in [0.29, 0.717) is 0 Å². The number of phosphoric acid groups is 2. The summed E-state index contributed by atoms with van der Waals surface area (Å²) in [5, 5.41) is 45.3. The molecule has 0 radical (unpaired) electrons. The zero-order chi connectivity index (χ0) is 34.3. The first-order chi connectivity index (χ1) is 22.1. The molecule has 1 amide bonds. The van der Waals surface area contributed by atoms with Gasteiger partial charge in [-0.25, -0.2) is 24.1 Å². The van der Waals surface area contributed by atoms with E-state index in [2.05, 4.69) is 33.8 Å². The lowest BCUT2D eigenvalue weighted by atomic mass is 10.1. The zero-order valence-electron chi connectivity index (χ0n) is 23.5. The predicted molar refractivity (Wildman–Crippen MR) is 148 cm³/mol. The van der Waals surface area contributed by atoms with Crippen molar-refractivity contribution in [1.82, 2.24) is 19.5 Å². The summed E-state index contributed by atoms with van der Waals surface area (Å²) in [6.07, 6.45) is -9.04. The maximum absolute atomic E-state index is 12.5. The quantitative estimate of drug-likeness (QED) is 0.0329. The van der Waals surface area contributed by atoms with Crippen LogP contribution >= 0.6 is 15.6 Å². The fourth-order valence-corrected chi connectivity index (χ4v) is 6.85. The summed E-state index contributed by atoms with van der Waals surface area (Å²) in [6.45, 7) is -1.93. The van der Waals surface area contributed by atoms with Crippen molar-refractivity contribution in [2.24, 2.45) is 10.8 Å². The van der Waals surface area contributed by atoms with Crippen molar-refractivity contribution in [2.45, 2.75) is 49.1 Å². The number of anilines is 1. The van der Waals surface area contributed by atoms with Gasteiger partial charge in [-0.1, -0.05) is 0 Å². The van der Waals surface area contributed by atoms with Crippen LogP contribution in [0.4, 0.5) is 11.8 Å². The van der Waals surface area contributed by atoms with Gasteiger partial charge in [0, 0.05) is 11.0 Å². The number of imidazole rings is 1. The monoisotopic (exact) mass is 706 g/mol. The highest BCUT2D eigenvalue weighted by molar-refractivity contribution is 7.61. The van der Waals surface area contributed by atoms with Crippen LogP contribution in [0, 0.1) is 0 Å². The highest BCUT2D eigenvalue weighted by Gasteiger charge is 2.50. The van der Waals surface area contributed by atoms with E-state index in [1.807, 2.05) is 0 Å². The number of carbonyl (C=O) groups is 1. The number of amides is 1. The van der Waals surface area contributed by atoms with E-state index in [-0.39, 0.29) is 28.5 Å². The van der Waals surface area contributed by atoms with Crippen LogP contribution in [-0.4, -0.2) is 105 Å². The molecule has 0 aliphatic carbocycles. The number of primary amides is 1. The third kappa shape index (κ3) is 7.26. The lowest BCUT2D eigenvalue weighted by Gasteiger charge is -2.20. The van der Waals surface area contributed by atoms with Gasteiger partial charge in [-0.2, -0.15) is 8.88 Å². The van der Waals surface area contributed by atoms with Gasteiger partial charge in [0.05, 0.1) is 13.2 Å². The lowest BCUT2D eigenvalue weighted by molar-refractivity contribution is -0.765. The van der Waals surface area contributed by atoms with Gasteiger partial charge in [0.15, 0.2) is 41.7 Å². The number of hydrogen-bond acceptors (Lipinski definition) is 17. The minimum Gasteiger partial charge on any atom is -0.387 e. The molecule has 3 aromatic heterocycles. The van der Waals surface area contributed by atoms with Crippen LogP contribution in [0.5, 0.6) is 0 Å². The number of azide groups is 1. The lowest BCUT2D eigenvalue weighted by Crippen LogP contribution is -2.46. The molecule has 2 aliphatic rings. The van der Waals surface area contributed by atoms with Gasteiger partial charge in [0.2, 0.25) is 5.95 Å². The summed E-state index contributed by atoms with van der Waals surface area (Å²) < 4.78 is 51.9. The van der Waals surface area contributed by atoms with E-state index in [0.717, 1.165) is 10.9 Å². The number of aromatic nitrogens is 5. The van der Waals surface area contributed by atoms with Crippen molar-refractivity contribution < 1.29 is 71.5 Å². The number of nitrogens with two attached hydrogens (primary N) is 2. The van der Waals surface area contributed by atoms with Gasteiger partial charge in [0.25, 0.3) is 12.1 Å². The van der Waals surface area contributed by atoms with E-state index in [1.54, 1.807) is 0 Å². The second-order valence-corrected chi connectivity index (χ2v) is 13.1. The molecule has 3 aromatic rings. The molecule has 0 spiro atoms. The van der Waals surface area contributed by atoms with Gasteiger partial charge >= 0.3 is 15.6 Å². The Bertz CT molecular complexity index is 1810. The molecule has 5 rings (SSSR count). The third-order valence-corrected chi connectivity index (χ3v) is 9.56. The molecule has 2 aliphatic heterocycles. The van der Waals surface area contributed by atoms with Gasteiger partial charge in [-0.3, -0.25) is 18.4 Å². The molecule has 10 N–H and O–H groups in total. The van der Waals surface area contributed by atoms with E-state index >= 15 is 0 Å². The fourth-order valence-electron chi connectivity index (χ4n) is 4.76. The predicted octanol–water partition coefficient (Wildman–Crippen LogP) is -2.07. The SMILES string of the molecule is [N-]=[N+]=Nc1nc2c(N)ncnc2n1[C@@H]1O[C@H](CO[32P](=O)(O)OP(=O)(O)OC[C@H]2O[C@@H]([n+]3cccc(C(N)=O)c3)[C@H](O)[C@@H]2O)[C@@H](O)[C@H]1O. The van der Waals surface area contributed by atoms with E-state index in [4.69, 9.17) is 31.0 Å². The Hall–Kier alpha value is -3.70. The van der Waals surface area contributed by atoms with Crippen LogP contribution in [0.1, 0.15) is 22.8 Å². The number of hydrogen-bond donors (Lipinski definition) is 8. The van der Waals surface area contributed by atoms with Crippen LogP contribution in [0.25, 0.3) is 21.6 Å². The number of aliphatic hydroxyl groups excluding tert-OH is 4. The van der Waals surface area contributed by atoms with Crippen molar-refractivity contribution in [1.29, 1.82) is 0 Å². The first-order valence-corrected chi connectivity index (χ1v) is 16.1. The first-order valence-electron chi connectivity index (χ1n) is 13.2. The number of nitrogen functional groups attached to an aromatic ring is 1. The Labute approximate surface area is 261 Å². The van der Waals surface area contributed by atoms with Crippen molar-refractivity contribution in [3.8, 4) is 0 Å². The maximum atomic E-state index is 12.5. The zero-order valence-corrected chi connectivity index (χ0v) is 25.3. The minimum absolute atomic E-state index is 0.0246. The maximum Gasteiger partial charge on any atom is 0.481 e. The number of nitrogens with zero attached hydrogens (tertiary/aromatic N) is 8. The Morgan fingerprint density at radius 1 is 1.06 bits per heavy atom. The molecule has 0 saturated carbocycles. The molecule has 5 heterocycles. The van der Waals surface area contributed by atoms with Gasteiger partial charge in [-0.15, -0.1) is 0 Å². The summed E-state index contributed by atoms with van der Waals surface area (Å²) in [4.78, 5) is 46.0. The molecule has 0 bridgehead atoms. The number of fused-ring (bicyclic) bond motifs is 1. The van der Waals surface area contributed by atoms with E-state index in [9.17, 15) is 44.1 Å². The number of pyridine rings is 1. The van der Waals surface area contributed by atoms with Gasteiger partial charge in [0.1, 0.15) is 42.4 Å². The van der Waals surface area contributed by atoms with Crippen LogP contribution in [0.2, 0.25) is 0 Å². The molecule has 254 valence electrons. The standard InChI is InChI=1S/C21H26N10O14P2/c22-16-11-18(26-7-25-16)31(21(27-11)28-29-24)20-15(35)13(33)10(44-20)6-42-47(39,40)45-46(37,38)41-5-9-12(32)14(34)19(43-9)30-3-1-2-8(4-30)17(23)36/h1-4,7,9-10,12-15,19-20,32-35H,5-6H2,(H5-,22,23,25,26,36,37,38,39,40)/p+1/t9-,10-,12-,13-,14-,15-,19-,20-/m1/s1/i47+1.